The molecule has 0 aliphatic rings. The number of halogens is 1. The van der Waals surface area contributed by atoms with E-state index < -0.39 is 0 Å². The van der Waals surface area contributed by atoms with E-state index in [0.717, 1.165) is 5.56 Å². The van der Waals surface area contributed by atoms with Gasteiger partial charge in [0, 0.05) is 11.3 Å². The number of hydrogen-bond acceptors (Lipinski definition) is 3. The highest BCUT2D eigenvalue weighted by atomic mass is 35.5. The van der Waals surface area contributed by atoms with Gasteiger partial charge in [-0.1, -0.05) is 23.7 Å². The summed E-state index contributed by atoms with van der Waals surface area (Å²) in [5, 5.41) is 2.29. The van der Waals surface area contributed by atoms with Gasteiger partial charge in [0.05, 0.1) is 9.90 Å². The highest BCUT2D eigenvalue weighted by molar-refractivity contribution is 7.13. The van der Waals surface area contributed by atoms with Crippen LogP contribution in [0.5, 0.6) is 0 Å². The number of nitrogens with two attached hydrogens (primary N) is 1. The van der Waals surface area contributed by atoms with Crippen molar-refractivity contribution < 1.29 is 4.79 Å². The lowest BCUT2D eigenvalue weighted by Gasteiger charge is -2.03. The molecule has 2 aromatic rings. The van der Waals surface area contributed by atoms with Crippen molar-refractivity contribution in [2.75, 3.05) is 5.73 Å². The van der Waals surface area contributed by atoms with Gasteiger partial charge < -0.3 is 5.73 Å². The van der Waals surface area contributed by atoms with Crippen molar-refractivity contribution in [3.8, 4) is 0 Å². The van der Waals surface area contributed by atoms with Crippen molar-refractivity contribution in [1.82, 2.24) is 0 Å². The molecule has 16 heavy (non-hydrogen) atoms. The second-order valence-electron chi connectivity index (χ2n) is 3.50. The molecule has 0 radical (unpaired) electrons. The Hall–Kier alpha value is -1.32. The van der Waals surface area contributed by atoms with Crippen molar-refractivity contribution in [2.24, 2.45) is 0 Å². The van der Waals surface area contributed by atoms with Gasteiger partial charge in [-0.2, -0.15) is 0 Å². The summed E-state index contributed by atoms with van der Waals surface area (Å²) in [6.07, 6.45) is 0. The minimum Gasteiger partial charge on any atom is -0.398 e. The number of nitrogen functional groups attached to an aromatic ring is 1. The van der Waals surface area contributed by atoms with Gasteiger partial charge in [0.1, 0.15) is 0 Å². The maximum atomic E-state index is 12.1. The summed E-state index contributed by atoms with van der Waals surface area (Å²) < 4.78 is 0. The maximum Gasteiger partial charge on any atom is 0.204 e. The SMILES string of the molecule is Cc1ccc(C(=O)c2sccc2Cl)cc1N. The third-order valence-corrected chi connectivity index (χ3v) is 3.71. The summed E-state index contributed by atoms with van der Waals surface area (Å²) in [4.78, 5) is 12.6. The summed E-state index contributed by atoms with van der Waals surface area (Å²) in [6.45, 7) is 1.90. The lowest BCUT2D eigenvalue weighted by atomic mass is 10.1. The van der Waals surface area contributed by atoms with Crippen molar-refractivity contribution in [3.63, 3.8) is 0 Å². The molecule has 0 atom stereocenters. The number of hydrogen-bond donors (Lipinski definition) is 1. The van der Waals surface area contributed by atoms with Gasteiger partial charge >= 0.3 is 0 Å². The van der Waals surface area contributed by atoms with Crippen LogP contribution < -0.4 is 5.73 Å². The van der Waals surface area contributed by atoms with E-state index in [-0.39, 0.29) is 5.78 Å². The average Bonchev–Trinajstić information content (AvgIpc) is 2.67. The number of anilines is 1. The molecule has 0 aliphatic heterocycles. The van der Waals surface area contributed by atoms with Crippen LogP contribution in [0.1, 0.15) is 20.8 Å². The first-order valence-electron chi connectivity index (χ1n) is 4.73. The Balaban J connectivity index is 2.42. The smallest absolute Gasteiger partial charge is 0.204 e. The Morgan fingerprint density at radius 2 is 2.12 bits per heavy atom. The van der Waals surface area contributed by atoms with E-state index in [1.807, 2.05) is 13.0 Å². The van der Waals surface area contributed by atoms with Crippen LogP contribution in [-0.2, 0) is 0 Å². The van der Waals surface area contributed by atoms with E-state index in [9.17, 15) is 4.79 Å². The summed E-state index contributed by atoms with van der Waals surface area (Å²) in [5.41, 5.74) is 7.93. The molecule has 1 aromatic carbocycles. The topological polar surface area (TPSA) is 43.1 Å². The molecule has 1 aromatic heterocycles. The van der Waals surface area contributed by atoms with Gasteiger partial charge in [-0.25, -0.2) is 0 Å². The van der Waals surface area contributed by atoms with Gasteiger partial charge in [0.25, 0.3) is 0 Å². The predicted molar refractivity (Wildman–Crippen MR) is 68.4 cm³/mol. The fourth-order valence-electron chi connectivity index (χ4n) is 1.37. The van der Waals surface area contributed by atoms with Gasteiger partial charge in [-0.15, -0.1) is 11.3 Å². The van der Waals surface area contributed by atoms with Crippen molar-refractivity contribution in [3.05, 3.63) is 50.7 Å². The molecule has 1 heterocycles. The summed E-state index contributed by atoms with van der Waals surface area (Å²) in [5.74, 6) is -0.0771. The Morgan fingerprint density at radius 1 is 1.38 bits per heavy atom. The van der Waals surface area contributed by atoms with Gasteiger partial charge in [0.2, 0.25) is 5.78 Å². The molecule has 0 aliphatic carbocycles. The first-order valence-corrected chi connectivity index (χ1v) is 5.99. The van der Waals surface area contributed by atoms with Crippen molar-refractivity contribution in [2.45, 2.75) is 6.92 Å². The molecule has 0 fully saturated rings. The summed E-state index contributed by atoms with van der Waals surface area (Å²) >= 11 is 7.25. The molecule has 0 amide bonds. The van der Waals surface area contributed by atoms with Crippen LogP contribution in [0.25, 0.3) is 0 Å². The fourth-order valence-corrected chi connectivity index (χ4v) is 2.47. The first-order chi connectivity index (χ1) is 7.59. The third kappa shape index (κ3) is 1.96. The summed E-state index contributed by atoms with van der Waals surface area (Å²) in [7, 11) is 0. The zero-order valence-electron chi connectivity index (χ0n) is 8.66. The van der Waals surface area contributed by atoms with Crippen molar-refractivity contribution >= 4 is 34.4 Å². The maximum absolute atomic E-state index is 12.1. The second-order valence-corrected chi connectivity index (χ2v) is 4.82. The lowest BCUT2D eigenvalue weighted by molar-refractivity contribution is 0.104. The largest absolute Gasteiger partial charge is 0.398 e. The van der Waals surface area contributed by atoms with E-state index in [1.54, 1.807) is 23.6 Å². The number of aryl methyl sites for hydroxylation is 1. The number of ketones is 1. The normalized spacial score (nSPS) is 10.4. The Kier molecular flexibility index (Phi) is 2.99. The molecule has 0 saturated heterocycles. The van der Waals surface area contributed by atoms with Crippen LogP contribution in [0.15, 0.2) is 29.6 Å². The van der Waals surface area contributed by atoms with Gasteiger partial charge in [-0.3, -0.25) is 4.79 Å². The molecule has 82 valence electrons. The number of carbonyl (C=O) groups excluding carboxylic acids is 1. The molecule has 0 spiro atoms. The number of thiophene rings is 1. The fraction of sp³-hybridized carbons (Fsp3) is 0.0833. The van der Waals surface area contributed by atoms with Gasteiger partial charge in [-0.05, 0) is 30.0 Å². The number of carbonyl (C=O) groups is 1. The van der Waals surface area contributed by atoms with Crippen LogP contribution in [-0.4, -0.2) is 5.78 Å². The first kappa shape index (κ1) is 11.2. The minimum absolute atomic E-state index is 0.0771. The van der Waals surface area contributed by atoms with Crippen LogP contribution in [0.2, 0.25) is 5.02 Å². The zero-order chi connectivity index (χ0) is 11.7. The Bertz CT molecular complexity index is 548. The highest BCUT2D eigenvalue weighted by Gasteiger charge is 2.14. The zero-order valence-corrected chi connectivity index (χ0v) is 10.2. The van der Waals surface area contributed by atoms with Crippen LogP contribution in [0.4, 0.5) is 5.69 Å². The molecule has 2 rings (SSSR count). The molecule has 2 N–H and O–H groups in total. The van der Waals surface area contributed by atoms with Crippen LogP contribution in [0, 0.1) is 6.92 Å². The van der Waals surface area contributed by atoms with Crippen LogP contribution >= 0.6 is 22.9 Å². The highest BCUT2D eigenvalue weighted by Crippen LogP contribution is 2.26. The van der Waals surface area contributed by atoms with Crippen LogP contribution in [0.3, 0.4) is 0 Å². The number of benzene rings is 1. The Labute approximate surface area is 103 Å². The van der Waals surface area contributed by atoms with E-state index >= 15 is 0 Å². The molecule has 4 heteroatoms. The molecule has 0 saturated carbocycles. The minimum atomic E-state index is -0.0771. The molecular formula is C12H10ClNOS. The second kappa shape index (κ2) is 4.28. The molecular weight excluding hydrogens is 242 g/mol. The van der Waals surface area contributed by atoms with E-state index in [2.05, 4.69) is 0 Å². The van der Waals surface area contributed by atoms with Gasteiger partial charge in [0.15, 0.2) is 0 Å². The Morgan fingerprint density at radius 3 is 2.69 bits per heavy atom. The predicted octanol–water partition coefficient (Wildman–Crippen LogP) is 3.52. The number of rotatable bonds is 2. The van der Waals surface area contributed by atoms with E-state index in [0.29, 0.717) is 21.2 Å². The standard InChI is InChI=1S/C12H10ClNOS/c1-7-2-3-8(6-10(7)14)11(15)12-9(13)4-5-16-12/h2-6H,14H2,1H3. The third-order valence-electron chi connectivity index (χ3n) is 2.36. The average molecular weight is 252 g/mol. The van der Waals surface area contributed by atoms with E-state index in [4.69, 9.17) is 17.3 Å². The summed E-state index contributed by atoms with van der Waals surface area (Å²) in [6, 6.07) is 7.01. The van der Waals surface area contributed by atoms with Crippen molar-refractivity contribution in [1.29, 1.82) is 0 Å². The monoisotopic (exact) mass is 251 g/mol. The molecule has 0 bridgehead atoms. The quantitative estimate of drug-likeness (QED) is 0.656. The molecule has 0 unspecified atom stereocenters. The lowest BCUT2D eigenvalue weighted by Crippen LogP contribution is -2.01. The van der Waals surface area contributed by atoms with E-state index in [1.165, 1.54) is 11.3 Å². The molecule has 2 nitrogen and oxygen atoms in total.